The Morgan fingerprint density at radius 2 is 0.786 bits per heavy atom. The third-order valence-electron chi connectivity index (χ3n) is 1.88. The van der Waals surface area contributed by atoms with Crippen LogP contribution in [-0.2, 0) is 0 Å². The molecule has 74 valence electrons. The van der Waals surface area contributed by atoms with Crippen LogP contribution in [0.4, 0.5) is 0 Å². The van der Waals surface area contributed by atoms with Crippen LogP contribution in [0.25, 0.3) is 11.1 Å². The molecular weight excluding hydrogens is 191 g/mol. The molecule has 0 heterocycles. The van der Waals surface area contributed by atoms with E-state index in [1.807, 2.05) is 12.1 Å². The van der Waals surface area contributed by atoms with Crippen LogP contribution in [0.15, 0.2) is 60.7 Å². The van der Waals surface area contributed by atoms with Crippen molar-refractivity contribution in [3.8, 4) is 11.1 Å². The molecule has 0 saturated heterocycles. The van der Waals surface area contributed by atoms with Gasteiger partial charge in [-0.05, 0) is 11.1 Å². The minimum atomic E-state index is 0. The van der Waals surface area contributed by atoms with Crippen LogP contribution in [-0.4, -0.2) is 5.48 Å². The van der Waals surface area contributed by atoms with Crippen molar-refractivity contribution in [1.29, 1.82) is 0 Å². The first kappa shape index (κ1) is 12.8. The van der Waals surface area contributed by atoms with Gasteiger partial charge in [-0.25, -0.2) is 0 Å². The molecular formula is C12H15OP. The molecule has 14 heavy (non-hydrogen) atoms. The largest absolute Gasteiger partial charge is 0.412 e. The Morgan fingerprint density at radius 3 is 1.07 bits per heavy atom. The van der Waals surface area contributed by atoms with E-state index in [-0.39, 0.29) is 15.4 Å². The Bertz CT molecular complexity index is 308. The average Bonchev–Trinajstić information content (AvgIpc) is 2.21. The van der Waals surface area contributed by atoms with Gasteiger partial charge in [-0.1, -0.05) is 60.7 Å². The molecule has 0 bridgehead atoms. The minimum absolute atomic E-state index is 0. The van der Waals surface area contributed by atoms with Crippen LogP contribution in [0.2, 0.25) is 0 Å². The first-order valence-electron chi connectivity index (χ1n) is 4.07. The topological polar surface area (TPSA) is 31.5 Å². The highest BCUT2D eigenvalue weighted by molar-refractivity contribution is 6.92. The van der Waals surface area contributed by atoms with Gasteiger partial charge in [-0.3, -0.25) is 0 Å². The normalized spacial score (nSPS) is 8.29. The van der Waals surface area contributed by atoms with Crippen molar-refractivity contribution in [2.75, 3.05) is 0 Å². The summed E-state index contributed by atoms with van der Waals surface area (Å²) in [5.41, 5.74) is 2.55. The maximum absolute atomic E-state index is 2.12. The van der Waals surface area contributed by atoms with Crippen molar-refractivity contribution in [3.05, 3.63) is 60.7 Å². The average molecular weight is 206 g/mol. The predicted molar refractivity (Wildman–Crippen MR) is 66.6 cm³/mol. The van der Waals surface area contributed by atoms with Crippen molar-refractivity contribution < 1.29 is 5.48 Å². The van der Waals surface area contributed by atoms with E-state index < -0.39 is 0 Å². The molecule has 0 radical (unpaired) electrons. The number of rotatable bonds is 1. The molecule has 2 heteroatoms. The van der Waals surface area contributed by atoms with Crippen LogP contribution in [0.5, 0.6) is 0 Å². The molecule has 1 unspecified atom stereocenters. The van der Waals surface area contributed by atoms with E-state index >= 15 is 0 Å². The molecule has 0 aromatic heterocycles. The summed E-state index contributed by atoms with van der Waals surface area (Å²) in [4.78, 5) is 0. The van der Waals surface area contributed by atoms with Crippen molar-refractivity contribution in [2.45, 2.75) is 0 Å². The van der Waals surface area contributed by atoms with Crippen LogP contribution < -0.4 is 0 Å². The quantitative estimate of drug-likeness (QED) is 0.642. The molecule has 0 aliphatic rings. The third kappa shape index (κ3) is 2.95. The second-order valence-corrected chi connectivity index (χ2v) is 2.73. The Labute approximate surface area is 87.7 Å². The highest BCUT2D eigenvalue weighted by atomic mass is 31.0. The lowest BCUT2D eigenvalue weighted by molar-refractivity contribution is 0.824. The summed E-state index contributed by atoms with van der Waals surface area (Å²) in [7, 11) is 0. The van der Waals surface area contributed by atoms with Gasteiger partial charge in [0.1, 0.15) is 0 Å². The molecule has 1 nitrogen and oxygen atoms in total. The van der Waals surface area contributed by atoms with Gasteiger partial charge in [0.2, 0.25) is 0 Å². The summed E-state index contributed by atoms with van der Waals surface area (Å²) in [5.74, 6) is 0. The number of hydrogen-bond donors (Lipinski definition) is 0. The fraction of sp³-hybridized carbons (Fsp3) is 0. The predicted octanol–water partition coefficient (Wildman–Crippen LogP) is 2.59. The van der Waals surface area contributed by atoms with Gasteiger partial charge in [0.15, 0.2) is 0 Å². The van der Waals surface area contributed by atoms with Crippen LogP contribution in [0.1, 0.15) is 0 Å². The maximum Gasteiger partial charge on any atom is -0.0184 e. The lowest BCUT2D eigenvalue weighted by Crippen LogP contribution is -1.73. The van der Waals surface area contributed by atoms with Crippen molar-refractivity contribution in [3.63, 3.8) is 0 Å². The van der Waals surface area contributed by atoms with Crippen LogP contribution >= 0.6 is 9.90 Å². The van der Waals surface area contributed by atoms with E-state index in [4.69, 9.17) is 0 Å². The monoisotopic (exact) mass is 206 g/mol. The molecule has 2 rings (SSSR count). The molecule has 0 aliphatic carbocycles. The van der Waals surface area contributed by atoms with Gasteiger partial charge in [-0.15, -0.1) is 0 Å². The molecule has 0 spiro atoms. The zero-order valence-corrected chi connectivity index (χ0v) is 9.39. The molecule has 0 amide bonds. The van der Waals surface area contributed by atoms with Gasteiger partial charge in [0.05, 0.1) is 0 Å². The maximum atomic E-state index is 2.12. The summed E-state index contributed by atoms with van der Waals surface area (Å²) in [5, 5.41) is 0. The zero-order chi connectivity index (χ0) is 8.23. The molecule has 2 aromatic carbocycles. The minimum Gasteiger partial charge on any atom is -0.412 e. The summed E-state index contributed by atoms with van der Waals surface area (Å²) < 4.78 is 0. The van der Waals surface area contributed by atoms with Crippen LogP contribution in [0, 0.1) is 0 Å². The summed E-state index contributed by atoms with van der Waals surface area (Å²) in [6, 6.07) is 20.8. The van der Waals surface area contributed by atoms with Gasteiger partial charge in [0.25, 0.3) is 0 Å². The van der Waals surface area contributed by atoms with Gasteiger partial charge in [0, 0.05) is 0 Å². The first-order valence-corrected chi connectivity index (χ1v) is 4.07. The van der Waals surface area contributed by atoms with E-state index in [1.54, 1.807) is 0 Å². The van der Waals surface area contributed by atoms with Gasteiger partial charge < -0.3 is 5.48 Å². The number of benzene rings is 2. The highest BCUT2D eigenvalue weighted by Crippen LogP contribution is 2.17. The van der Waals surface area contributed by atoms with Crippen molar-refractivity contribution in [2.24, 2.45) is 0 Å². The smallest absolute Gasteiger partial charge is 0.0184 e. The molecule has 0 aliphatic heterocycles. The second-order valence-electron chi connectivity index (χ2n) is 2.73. The van der Waals surface area contributed by atoms with E-state index in [9.17, 15) is 0 Å². The fourth-order valence-electron chi connectivity index (χ4n) is 1.26. The molecule has 0 fully saturated rings. The van der Waals surface area contributed by atoms with Crippen LogP contribution in [0.3, 0.4) is 0 Å². The Balaban J connectivity index is 0.000000845. The van der Waals surface area contributed by atoms with Gasteiger partial charge in [-0.2, -0.15) is 9.90 Å². The zero-order valence-electron chi connectivity index (χ0n) is 7.98. The van der Waals surface area contributed by atoms with Crippen molar-refractivity contribution in [1.82, 2.24) is 0 Å². The fourth-order valence-corrected chi connectivity index (χ4v) is 1.26. The standard InChI is InChI=1S/C12H10.H2O.H3P/c1-3-7-11(8-4-1)12-9-5-2-6-10-12;;/h1-10H;1H2;1H3. The highest BCUT2D eigenvalue weighted by Gasteiger charge is 1.91. The Morgan fingerprint density at radius 1 is 0.500 bits per heavy atom. The Kier molecular flexibility index (Phi) is 5.78. The summed E-state index contributed by atoms with van der Waals surface area (Å²) in [6.07, 6.45) is 0. The third-order valence-corrected chi connectivity index (χ3v) is 1.88. The van der Waals surface area contributed by atoms with E-state index in [0.29, 0.717) is 0 Å². The second kappa shape index (κ2) is 6.31. The first-order chi connectivity index (χ1) is 5.97. The molecule has 2 N–H and O–H groups in total. The van der Waals surface area contributed by atoms with Gasteiger partial charge >= 0.3 is 0 Å². The number of hydrogen-bond acceptors (Lipinski definition) is 0. The molecule has 2 aromatic rings. The molecule has 0 saturated carbocycles. The van der Waals surface area contributed by atoms with E-state index in [0.717, 1.165) is 0 Å². The van der Waals surface area contributed by atoms with Crippen molar-refractivity contribution >= 4 is 9.90 Å². The molecule has 1 atom stereocenters. The van der Waals surface area contributed by atoms with E-state index in [2.05, 4.69) is 48.5 Å². The Hall–Kier alpha value is -1.17. The summed E-state index contributed by atoms with van der Waals surface area (Å²) >= 11 is 0. The summed E-state index contributed by atoms with van der Waals surface area (Å²) in [6.45, 7) is 0. The lowest BCUT2D eigenvalue weighted by Gasteiger charge is -1.98. The lowest BCUT2D eigenvalue weighted by atomic mass is 10.1. The van der Waals surface area contributed by atoms with E-state index in [1.165, 1.54) is 11.1 Å². The SMILES string of the molecule is O.P.c1ccc(-c2ccccc2)cc1.